The standard InChI is InChI=1S/C15H16BrNO2/c1-11-12(7-8-19-11)9-17(2)10-15(18)13-5-3-4-6-14(13)16/h3-8H,9-10H2,1-2H3. The van der Waals surface area contributed by atoms with Gasteiger partial charge in [-0.3, -0.25) is 9.69 Å². The Morgan fingerprint density at radius 2 is 2.05 bits per heavy atom. The fourth-order valence-corrected chi connectivity index (χ4v) is 2.45. The van der Waals surface area contributed by atoms with Gasteiger partial charge in [-0.25, -0.2) is 0 Å². The maximum Gasteiger partial charge on any atom is 0.177 e. The molecule has 0 atom stereocenters. The molecule has 4 heteroatoms. The van der Waals surface area contributed by atoms with E-state index in [0.717, 1.165) is 21.4 Å². The molecule has 0 spiro atoms. The van der Waals surface area contributed by atoms with Crippen LogP contribution in [0.1, 0.15) is 21.7 Å². The fourth-order valence-electron chi connectivity index (χ4n) is 1.94. The number of ketones is 1. The van der Waals surface area contributed by atoms with E-state index in [1.165, 1.54) is 0 Å². The van der Waals surface area contributed by atoms with Crippen LogP contribution in [0, 0.1) is 6.92 Å². The molecule has 0 aliphatic heterocycles. The molecule has 0 unspecified atom stereocenters. The maximum atomic E-state index is 12.2. The zero-order valence-corrected chi connectivity index (χ0v) is 12.6. The molecule has 0 saturated carbocycles. The van der Waals surface area contributed by atoms with Crippen molar-refractivity contribution in [2.24, 2.45) is 0 Å². The first kappa shape index (κ1) is 14.0. The highest BCUT2D eigenvalue weighted by Gasteiger charge is 2.13. The molecule has 0 fully saturated rings. The summed E-state index contributed by atoms with van der Waals surface area (Å²) in [5.41, 5.74) is 1.83. The lowest BCUT2D eigenvalue weighted by atomic mass is 10.1. The summed E-state index contributed by atoms with van der Waals surface area (Å²) in [6.07, 6.45) is 1.67. The highest BCUT2D eigenvalue weighted by molar-refractivity contribution is 9.10. The number of benzene rings is 1. The van der Waals surface area contributed by atoms with Gasteiger partial charge in [-0.15, -0.1) is 0 Å². The average molecular weight is 322 g/mol. The van der Waals surface area contributed by atoms with E-state index in [-0.39, 0.29) is 5.78 Å². The summed E-state index contributed by atoms with van der Waals surface area (Å²) in [7, 11) is 1.93. The van der Waals surface area contributed by atoms with E-state index in [4.69, 9.17) is 4.42 Å². The van der Waals surface area contributed by atoms with Gasteiger partial charge in [0.05, 0.1) is 12.8 Å². The molecule has 1 aromatic heterocycles. The lowest BCUT2D eigenvalue weighted by molar-refractivity contribution is 0.0942. The Labute approximate surface area is 121 Å². The minimum absolute atomic E-state index is 0.108. The lowest BCUT2D eigenvalue weighted by Gasteiger charge is -2.15. The van der Waals surface area contributed by atoms with Crippen LogP contribution in [0.25, 0.3) is 0 Å². The third-order valence-corrected chi connectivity index (χ3v) is 3.69. The largest absolute Gasteiger partial charge is 0.469 e. The van der Waals surface area contributed by atoms with Gasteiger partial charge < -0.3 is 4.42 Å². The SMILES string of the molecule is Cc1occc1CN(C)CC(=O)c1ccccc1Br. The van der Waals surface area contributed by atoms with Crippen molar-refractivity contribution in [2.45, 2.75) is 13.5 Å². The molecule has 1 aromatic carbocycles. The molecule has 3 nitrogen and oxygen atoms in total. The summed E-state index contributed by atoms with van der Waals surface area (Å²) < 4.78 is 6.10. The Hall–Kier alpha value is -1.39. The van der Waals surface area contributed by atoms with Gasteiger partial charge in [0.2, 0.25) is 0 Å². The van der Waals surface area contributed by atoms with Crippen molar-refractivity contribution >= 4 is 21.7 Å². The predicted octanol–water partition coefficient (Wildman–Crippen LogP) is 3.67. The van der Waals surface area contributed by atoms with Crippen LogP contribution in [-0.2, 0) is 6.54 Å². The Bertz CT molecular complexity index is 577. The number of carbonyl (C=O) groups excluding carboxylic acids is 1. The van der Waals surface area contributed by atoms with Crippen molar-refractivity contribution in [1.29, 1.82) is 0 Å². The van der Waals surface area contributed by atoms with E-state index in [0.29, 0.717) is 13.1 Å². The van der Waals surface area contributed by atoms with Gasteiger partial charge in [-0.2, -0.15) is 0 Å². The van der Waals surface area contributed by atoms with Crippen molar-refractivity contribution in [3.63, 3.8) is 0 Å². The van der Waals surface area contributed by atoms with Crippen LogP contribution >= 0.6 is 15.9 Å². The molecule has 0 N–H and O–H groups in total. The number of Topliss-reactive ketones (excluding diaryl/α,β-unsaturated/α-hetero) is 1. The van der Waals surface area contributed by atoms with E-state index in [2.05, 4.69) is 15.9 Å². The second-order valence-electron chi connectivity index (χ2n) is 4.58. The lowest BCUT2D eigenvalue weighted by Crippen LogP contribution is -2.25. The van der Waals surface area contributed by atoms with Gasteiger partial charge in [0, 0.05) is 22.1 Å². The van der Waals surface area contributed by atoms with Crippen LogP contribution in [0.15, 0.2) is 45.5 Å². The Balaban J connectivity index is 2.00. The number of hydrogen-bond donors (Lipinski definition) is 0. The van der Waals surface area contributed by atoms with Crippen molar-refractivity contribution < 1.29 is 9.21 Å². The molecule has 2 rings (SSSR count). The first-order valence-electron chi connectivity index (χ1n) is 6.07. The summed E-state index contributed by atoms with van der Waals surface area (Å²) in [6, 6.07) is 9.43. The molecule has 2 aromatic rings. The predicted molar refractivity (Wildman–Crippen MR) is 78.3 cm³/mol. The Morgan fingerprint density at radius 3 is 2.68 bits per heavy atom. The second-order valence-corrected chi connectivity index (χ2v) is 5.43. The van der Waals surface area contributed by atoms with E-state index in [1.807, 2.05) is 49.2 Å². The highest BCUT2D eigenvalue weighted by Crippen LogP contribution is 2.17. The van der Waals surface area contributed by atoms with Crippen LogP contribution in [-0.4, -0.2) is 24.3 Å². The number of furan rings is 1. The average Bonchev–Trinajstić information content (AvgIpc) is 2.75. The van der Waals surface area contributed by atoms with Gasteiger partial charge in [-0.05, 0) is 26.1 Å². The van der Waals surface area contributed by atoms with Crippen molar-refractivity contribution in [3.8, 4) is 0 Å². The summed E-state index contributed by atoms with van der Waals surface area (Å²) in [5.74, 6) is 1.01. The molecule has 0 bridgehead atoms. The van der Waals surface area contributed by atoms with Crippen LogP contribution in [0.2, 0.25) is 0 Å². The fraction of sp³-hybridized carbons (Fsp3) is 0.267. The van der Waals surface area contributed by atoms with Crippen LogP contribution in [0.4, 0.5) is 0 Å². The first-order valence-corrected chi connectivity index (χ1v) is 6.86. The number of likely N-dealkylation sites (N-methyl/N-ethyl adjacent to an activating group) is 1. The van der Waals surface area contributed by atoms with Gasteiger partial charge in [0.1, 0.15) is 5.76 Å². The molecule has 0 amide bonds. The van der Waals surface area contributed by atoms with E-state index in [9.17, 15) is 4.79 Å². The molecule has 0 radical (unpaired) electrons. The monoisotopic (exact) mass is 321 g/mol. The number of carbonyl (C=O) groups is 1. The van der Waals surface area contributed by atoms with Crippen molar-refractivity contribution in [2.75, 3.05) is 13.6 Å². The van der Waals surface area contributed by atoms with Crippen LogP contribution in [0.3, 0.4) is 0 Å². The number of halogens is 1. The molecule has 1 heterocycles. The molecular formula is C15H16BrNO2. The third-order valence-electron chi connectivity index (χ3n) is 2.99. The van der Waals surface area contributed by atoms with Gasteiger partial charge in [0.15, 0.2) is 5.78 Å². The number of rotatable bonds is 5. The smallest absolute Gasteiger partial charge is 0.177 e. The van der Waals surface area contributed by atoms with Crippen LogP contribution < -0.4 is 0 Å². The highest BCUT2D eigenvalue weighted by atomic mass is 79.9. The number of hydrogen-bond acceptors (Lipinski definition) is 3. The molecule has 100 valence electrons. The van der Waals surface area contributed by atoms with E-state index >= 15 is 0 Å². The van der Waals surface area contributed by atoms with E-state index < -0.39 is 0 Å². The second kappa shape index (κ2) is 6.17. The molecule has 0 aliphatic rings. The first-order chi connectivity index (χ1) is 9.08. The van der Waals surface area contributed by atoms with E-state index in [1.54, 1.807) is 6.26 Å². The normalized spacial score (nSPS) is 10.9. The molecular weight excluding hydrogens is 306 g/mol. The number of nitrogens with zero attached hydrogens (tertiary/aromatic N) is 1. The third kappa shape index (κ3) is 3.55. The zero-order valence-electron chi connectivity index (χ0n) is 11.0. The summed E-state index contributed by atoms with van der Waals surface area (Å²) in [4.78, 5) is 14.2. The van der Waals surface area contributed by atoms with Gasteiger partial charge in [0.25, 0.3) is 0 Å². The minimum Gasteiger partial charge on any atom is -0.469 e. The summed E-state index contributed by atoms with van der Waals surface area (Å²) in [5, 5.41) is 0. The molecule has 0 aliphatic carbocycles. The van der Waals surface area contributed by atoms with Gasteiger partial charge in [-0.1, -0.05) is 34.1 Å². The minimum atomic E-state index is 0.108. The summed E-state index contributed by atoms with van der Waals surface area (Å²) in [6.45, 7) is 3.02. The Kier molecular flexibility index (Phi) is 4.56. The Morgan fingerprint density at radius 1 is 1.32 bits per heavy atom. The van der Waals surface area contributed by atoms with Crippen molar-refractivity contribution in [1.82, 2.24) is 4.90 Å². The quantitative estimate of drug-likeness (QED) is 0.788. The number of aryl methyl sites for hydroxylation is 1. The zero-order chi connectivity index (χ0) is 13.8. The maximum absolute atomic E-state index is 12.2. The molecule has 19 heavy (non-hydrogen) atoms. The van der Waals surface area contributed by atoms with Crippen LogP contribution in [0.5, 0.6) is 0 Å². The van der Waals surface area contributed by atoms with Crippen molar-refractivity contribution in [3.05, 3.63) is 58.0 Å². The summed E-state index contributed by atoms with van der Waals surface area (Å²) >= 11 is 3.40. The topological polar surface area (TPSA) is 33.5 Å². The molecule has 0 saturated heterocycles. The van der Waals surface area contributed by atoms with Gasteiger partial charge >= 0.3 is 0 Å².